The van der Waals surface area contributed by atoms with Crippen molar-refractivity contribution in [1.29, 1.82) is 0 Å². The normalized spacial score (nSPS) is 22.4. The molecule has 34 heavy (non-hydrogen) atoms. The van der Waals surface area contributed by atoms with Gasteiger partial charge in [0, 0.05) is 31.3 Å². The number of aliphatic hydroxyl groups is 1. The molecule has 0 amide bonds. The molecule has 1 fully saturated rings. The van der Waals surface area contributed by atoms with Gasteiger partial charge in [-0.15, -0.1) is 5.10 Å². The van der Waals surface area contributed by atoms with Crippen LogP contribution in [-0.4, -0.2) is 68.6 Å². The van der Waals surface area contributed by atoms with Crippen LogP contribution < -0.4 is 20.3 Å². The molecule has 10 nitrogen and oxygen atoms in total. The van der Waals surface area contributed by atoms with Gasteiger partial charge in [-0.25, -0.2) is 4.39 Å². The summed E-state index contributed by atoms with van der Waals surface area (Å²) < 4.78 is 27.2. The van der Waals surface area contributed by atoms with Crippen LogP contribution in [0.2, 0.25) is 0 Å². The number of hydrogen-bond acceptors (Lipinski definition) is 9. The highest BCUT2D eigenvalue weighted by molar-refractivity contribution is 5.81. The molecule has 0 unspecified atom stereocenters. The Labute approximate surface area is 194 Å². The summed E-state index contributed by atoms with van der Waals surface area (Å²) >= 11 is 0. The van der Waals surface area contributed by atoms with E-state index >= 15 is 0 Å². The first-order valence-corrected chi connectivity index (χ1v) is 11.5. The number of pyridine rings is 2. The lowest BCUT2D eigenvalue weighted by Crippen LogP contribution is -2.48. The lowest BCUT2D eigenvalue weighted by atomic mass is 9.93. The van der Waals surface area contributed by atoms with Gasteiger partial charge in [0.25, 0.3) is 11.4 Å². The molecular weight excluding hydrogens is 443 g/mol. The minimum absolute atomic E-state index is 0.0298. The molecule has 6 rings (SSSR count). The van der Waals surface area contributed by atoms with Crippen molar-refractivity contribution in [3.8, 4) is 11.6 Å². The van der Waals surface area contributed by atoms with E-state index in [-0.39, 0.29) is 30.3 Å². The Morgan fingerprint density at radius 2 is 2.03 bits per heavy atom. The molecule has 0 radical (unpaired) electrons. The average Bonchev–Trinajstić information content (AvgIpc) is 3.17. The van der Waals surface area contributed by atoms with Crippen molar-refractivity contribution < 1.29 is 19.0 Å². The van der Waals surface area contributed by atoms with Gasteiger partial charge in [0.15, 0.2) is 5.75 Å². The molecule has 178 valence electrons. The molecular formula is C23H25FN6O4. The number of hydrogen-bond donors (Lipinski definition) is 2. The Morgan fingerprint density at radius 3 is 2.88 bits per heavy atom. The van der Waals surface area contributed by atoms with Crippen molar-refractivity contribution in [3.63, 3.8) is 0 Å². The number of nitrogens with zero attached hydrogens (tertiary/aromatic N) is 5. The number of rotatable bonds is 5. The zero-order valence-corrected chi connectivity index (χ0v) is 18.5. The molecule has 6 heterocycles. The van der Waals surface area contributed by atoms with Crippen LogP contribution in [0.5, 0.6) is 11.6 Å². The van der Waals surface area contributed by atoms with E-state index in [0.29, 0.717) is 42.4 Å². The predicted molar refractivity (Wildman–Crippen MR) is 119 cm³/mol. The summed E-state index contributed by atoms with van der Waals surface area (Å²) in [5.41, 5.74) is 0.131. The number of nitrogens with one attached hydrogen (secondary N) is 1. The first-order chi connectivity index (χ1) is 16.5. The number of β-amino-alcohol motifs (C(OH)–C–C–N with tert-alkyl or cyclic N) is 1. The van der Waals surface area contributed by atoms with Gasteiger partial charge in [0.1, 0.15) is 24.6 Å². The van der Waals surface area contributed by atoms with Crippen LogP contribution in [0.15, 0.2) is 29.2 Å². The number of fused-ring (bicyclic) bond motifs is 1. The maximum absolute atomic E-state index is 14.8. The summed E-state index contributed by atoms with van der Waals surface area (Å²) in [4.78, 5) is 18.6. The van der Waals surface area contributed by atoms with Crippen LogP contribution in [0, 0.1) is 5.82 Å². The van der Waals surface area contributed by atoms with E-state index < -0.39 is 11.4 Å². The third-order valence-corrected chi connectivity index (χ3v) is 6.84. The lowest BCUT2D eigenvalue weighted by molar-refractivity contribution is -0.0159. The lowest BCUT2D eigenvalue weighted by Gasteiger charge is -2.37. The molecule has 1 saturated heterocycles. The summed E-state index contributed by atoms with van der Waals surface area (Å²) in [6, 6.07) is 5.12. The van der Waals surface area contributed by atoms with Crippen molar-refractivity contribution in [2.75, 3.05) is 32.8 Å². The Kier molecular flexibility index (Phi) is 5.19. The van der Waals surface area contributed by atoms with Crippen molar-refractivity contribution >= 4 is 11.0 Å². The second kappa shape index (κ2) is 8.26. The zero-order valence-electron chi connectivity index (χ0n) is 18.5. The summed E-state index contributed by atoms with van der Waals surface area (Å²) in [5, 5.41) is 23.3. The van der Waals surface area contributed by atoms with Gasteiger partial charge in [-0.3, -0.25) is 14.7 Å². The molecule has 0 bridgehead atoms. The second-order valence-electron chi connectivity index (χ2n) is 9.14. The van der Waals surface area contributed by atoms with Crippen LogP contribution >= 0.6 is 0 Å². The Bertz CT molecular complexity index is 1310. The standard InChI is InChI=1S/C23H25FN6O4/c24-16-11-26-17-1-2-19(31)30-13-23(32,20(16)21(17)30)12-29-5-3-14(4-6-29)25-10-15-9-18-22(28-27-15)34-8-7-33-18/h1-2,9,11,14,25,32H,3-8,10,12-13H2/t23-/m0/s1. The quantitative estimate of drug-likeness (QED) is 0.554. The zero-order chi connectivity index (χ0) is 23.3. The van der Waals surface area contributed by atoms with E-state index in [0.717, 1.165) is 37.8 Å². The van der Waals surface area contributed by atoms with E-state index in [1.54, 1.807) is 6.07 Å². The fourth-order valence-corrected chi connectivity index (χ4v) is 5.20. The maximum Gasteiger partial charge on any atom is 0.276 e. The largest absolute Gasteiger partial charge is 0.484 e. The third kappa shape index (κ3) is 3.69. The number of halogens is 1. The van der Waals surface area contributed by atoms with Crippen LogP contribution in [0.4, 0.5) is 4.39 Å². The van der Waals surface area contributed by atoms with E-state index in [4.69, 9.17) is 9.47 Å². The van der Waals surface area contributed by atoms with E-state index in [1.165, 1.54) is 10.6 Å². The summed E-state index contributed by atoms with van der Waals surface area (Å²) in [5.74, 6) is 0.472. The number of likely N-dealkylation sites (tertiary alicyclic amines) is 1. The highest BCUT2D eigenvalue weighted by Crippen LogP contribution is 2.38. The summed E-state index contributed by atoms with van der Waals surface area (Å²) in [6.07, 6.45) is 2.87. The molecule has 3 aliphatic rings. The Hall–Kier alpha value is -3.15. The minimum atomic E-state index is -1.47. The fraction of sp³-hybridized carbons (Fsp3) is 0.478. The van der Waals surface area contributed by atoms with Crippen molar-refractivity contribution in [2.45, 2.75) is 37.6 Å². The molecule has 3 aliphatic heterocycles. The SMILES string of the molecule is O=c1ccc2ncc(F)c3c2n1C[C@@]3(O)CN1CCC(NCc2cc3c(nn2)OCCO3)CC1. The van der Waals surface area contributed by atoms with Crippen molar-refractivity contribution in [3.05, 3.63) is 51.8 Å². The molecule has 1 atom stereocenters. The number of aromatic nitrogens is 4. The van der Waals surface area contributed by atoms with Gasteiger partial charge >= 0.3 is 0 Å². The molecule has 0 aliphatic carbocycles. The van der Waals surface area contributed by atoms with Crippen LogP contribution in [0.3, 0.4) is 0 Å². The second-order valence-corrected chi connectivity index (χ2v) is 9.14. The molecule has 0 spiro atoms. The van der Waals surface area contributed by atoms with Crippen LogP contribution in [0.1, 0.15) is 24.1 Å². The number of piperidine rings is 1. The highest BCUT2D eigenvalue weighted by Gasteiger charge is 2.43. The monoisotopic (exact) mass is 468 g/mol. The van der Waals surface area contributed by atoms with Gasteiger partial charge in [-0.05, 0) is 32.0 Å². The first-order valence-electron chi connectivity index (χ1n) is 11.5. The first kappa shape index (κ1) is 21.4. The van der Waals surface area contributed by atoms with Gasteiger partial charge < -0.3 is 24.5 Å². The minimum Gasteiger partial charge on any atom is -0.484 e. The topological polar surface area (TPSA) is 115 Å². The van der Waals surface area contributed by atoms with E-state index in [2.05, 4.69) is 25.4 Å². The molecule has 3 aromatic heterocycles. The average molecular weight is 468 g/mol. The highest BCUT2D eigenvalue weighted by atomic mass is 19.1. The van der Waals surface area contributed by atoms with Gasteiger partial charge in [0.2, 0.25) is 0 Å². The van der Waals surface area contributed by atoms with Crippen molar-refractivity contribution in [1.82, 2.24) is 30.0 Å². The van der Waals surface area contributed by atoms with Gasteiger partial charge in [-0.1, -0.05) is 0 Å². The molecule has 3 aromatic rings. The predicted octanol–water partition coefficient (Wildman–Crippen LogP) is 0.552. The van der Waals surface area contributed by atoms with Crippen LogP contribution in [0.25, 0.3) is 11.0 Å². The molecule has 11 heteroatoms. The van der Waals surface area contributed by atoms with Crippen LogP contribution in [-0.2, 0) is 18.7 Å². The molecule has 2 N–H and O–H groups in total. The van der Waals surface area contributed by atoms with E-state index in [9.17, 15) is 14.3 Å². The molecule has 0 aromatic carbocycles. The third-order valence-electron chi connectivity index (χ3n) is 6.84. The Morgan fingerprint density at radius 1 is 1.21 bits per heavy atom. The van der Waals surface area contributed by atoms with Gasteiger partial charge in [-0.2, -0.15) is 5.10 Å². The van der Waals surface area contributed by atoms with Gasteiger partial charge in [0.05, 0.1) is 35.0 Å². The summed E-state index contributed by atoms with van der Waals surface area (Å²) in [7, 11) is 0. The van der Waals surface area contributed by atoms with E-state index in [1.807, 2.05) is 6.07 Å². The maximum atomic E-state index is 14.8. The molecule has 0 saturated carbocycles. The Balaban J connectivity index is 1.09. The van der Waals surface area contributed by atoms with Crippen molar-refractivity contribution in [2.24, 2.45) is 0 Å². The fourth-order valence-electron chi connectivity index (χ4n) is 5.20. The summed E-state index contributed by atoms with van der Waals surface area (Å²) in [6.45, 7) is 3.32. The smallest absolute Gasteiger partial charge is 0.276 e. The number of ether oxygens (including phenoxy) is 2.